The number of ether oxygens (including phenoxy) is 2. The van der Waals surface area contributed by atoms with Crippen LogP contribution in [0.4, 0.5) is 4.79 Å². The van der Waals surface area contributed by atoms with Crippen molar-refractivity contribution < 1.29 is 40.7 Å². The Morgan fingerprint density at radius 2 is 1.27 bits per heavy atom. The van der Waals surface area contributed by atoms with Crippen LogP contribution in [0.5, 0.6) is 0 Å². The van der Waals surface area contributed by atoms with E-state index in [2.05, 4.69) is 16.5 Å². The van der Waals surface area contributed by atoms with Gasteiger partial charge in [0.1, 0.15) is 9.79 Å². The number of hydrogen-bond donors (Lipinski definition) is 3. The lowest BCUT2D eigenvalue weighted by Gasteiger charge is -2.31. The molecule has 1 aromatic heterocycles. The molecule has 0 spiro atoms. The van der Waals surface area contributed by atoms with E-state index in [1.165, 1.54) is 47.5 Å². The highest BCUT2D eigenvalue weighted by Gasteiger charge is 2.30. The van der Waals surface area contributed by atoms with Gasteiger partial charge in [-0.3, -0.25) is 9.59 Å². The standard InChI is InChI=1S/C23H23ClN2O4S.C21H20ClN3O5S/c1-3-30-14(2)26-9-8-15-10-18-11-16(4-6-19(18)20(15)13-26)23(27)17-5-7-21(24)22(12-17)31(25,28)29;1-2-30-21(27)25-8-7-18-15(11-25)14-9-12(4-6-17(14)24-18)20(26)13-3-5-16(22)19(10-13)31(23,28)29/h4-7,11-12H,2-3,8-10,13H2,1H3,(H2,25,28,29);3-6,9-10,24H,2,7-8,11H2,1H3,(H2,23,28,29). The molecule has 0 atom stereocenters. The molecular formula is C44H43Cl2N5O9S2. The van der Waals surface area contributed by atoms with Crippen LogP contribution < -0.4 is 10.3 Å². The van der Waals surface area contributed by atoms with E-state index in [4.69, 9.17) is 43.0 Å². The van der Waals surface area contributed by atoms with Crippen LogP contribution >= 0.6 is 23.2 Å². The Kier molecular flexibility index (Phi) is 12.7. The summed E-state index contributed by atoms with van der Waals surface area (Å²) in [5, 5.41) is 11.2. The number of carbonyl (C=O) groups excluding carboxylic acids is 3. The monoisotopic (exact) mass is 919 g/mol. The quantitative estimate of drug-likeness (QED) is 0.0968. The van der Waals surface area contributed by atoms with Crippen molar-refractivity contribution in [2.75, 3.05) is 32.8 Å². The fraction of sp³-hybridized carbons (Fsp3) is 0.250. The van der Waals surface area contributed by atoms with Gasteiger partial charge in [-0.25, -0.2) is 31.9 Å². The van der Waals surface area contributed by atoms with Gasteiger partial charge in [0.25, 0.3) is 0 Å². The third-order valence-corrected chi connectivity index (χ3v) is 13.8. The van der Waals surface area contributed by atoms with Gasteiger partial charge in [0, 0.05) is 70.5 Å². The largest absolute Gasteiger partial charge is 0.480 e. The van der Waals surface area contributed by atoms with E-state index >= 15 is 0 Å². The zero-order valence-electron chi connectivity index (χ0n) is 33.8. The summed E-state index contributed by atoms with van der Waals surface area (Å²) in [6.45, 7) is 11.1. The molecule has 5 aromatic rings. The van der Waals surface area contributed by atoms with Crippen molar-refractivity contribution in [1.82, 2.24) is 14.8 Å². The molecule has 0 saturated carbocycles. The van der Waals surface area contributed by atoms with Crippen LogP contribution in [0.1, 0.15) is 74.5 Å². The first-order valence-corrected chi connectivity index (χ1v) is 23.4. The van der Waals surface area contributed by atoms with Gasteiger partial charge in [-0.15, -0.1) is 0 Å². The van der Waals surface area contributed by atoms with Gasteiger partial charge in [0.2, 0.25) is 20.0 Å². The van der Waals surface area contributed by atoms with E-state index < -0.39 is 20.0 Å². The number of aromatic nitrogens is 1. The van der Waals surface area contributed by atoms with Crippen molar-refractivity contribution in [2.45, 2.75) is 49.4 Å². The number of rotatable bonds is 10. The Morgan fingerprint density at radius 1 is 0.726 bits per heavy atom. The van der Waals surface area contributed by atoms with Gasteiger partial charge < -0.3 is 24.3 Å². The molecule has 62 heavy (non-hydrogen) atoms. The minimum Gasteiger partial charge on any atom is -0.480 e. The third kappa shape index (κ3) is 9.16. The number of aromatic amines is 1. The fourth-order valence-corrected chi connectivity index (χ4v) is 10.1. The number of sulfonamides is 2. The number of nitrogens with zero attached hydrogens (tertiary/aromatic N) is 2. The number of hydrogen-bond acceptors (Lipinski definition) is 10. The predicted molar refractivity (Wildman–Crippen MR) is 236 cm³/mol. The van der Waals surface area contributed by atoms with Crippen molar-refractivity contribution in [3.8, 4) is 0 Å². The lowest BCUT2D eigenvalue weighted by Crippen LogP contribution is -2.36. The van der Waals surface area contributed by atoms with Crippen molar-refractivity contribution in [1.29, 1.82) is 0 Å². The summed E-state index contributed by atoms with van der Waals surface area (Å²) < 4.78 is 57.6. The average Bonchev–Trinajstić information content (AvgIpc) is 3.79. The van der Waals surface area contributed by atoms with Crippen LogP contribution in [-0.2, 0) is 48.9 Å². The Morgan fingerprint density at radius 3 is 1.87 bits per heavy atom. The number of carbonyl (C=O) groups is 3. The maximum Gasteiger partial charge on any atom is 0.410 e. The summed E-state index contributed by atoms with van der Waals surface area (Å²) in [6, 6.07) is 18.9. The topological polar surface area (TPSA) is 212 Å². The molecule has 0 radical (unpaired) electrons. The first kappa shape index (κ1) is 44.6. The maximum absolute atomic E-state index is 13.1. The van der Waals surface area contributed by atoms with E-state index in [0.717, 1.165) is 59.2 Å². The minimum atomic E-state index is -4.07. The second-order valence-corrected chi connectivity index (χ2v) is 18.8. The number of H-pyrrole nitrogens is 1. The number of amides is 1. The van der Waals surface area contributed by atoms with Crippen molar-refractivity contribution >= 4 is 77.4 Å². The Hall–Kier alpha value is -5.49. The number of nitrogens with two attached hydrogens (primary N) is 2. The van der Waals surface area contributed by atoms with Crippen molar-refractivity contribution in [3.05, 3.63) is 146 Å². The van der Waals surface area contributed by atoms with Crippen molar-refractivity contribution in [3.63, 3.8) is 0 Å². The second-order valence-electron chi connectivity index (χ2n) is 14.9. The fourth-order valence-electron chi connectivity index (χ4n) is 7.93. The molecule has 1 amide bonds. The first-order valence-electron chi connectivity index (χ1n) is 19.6. The van der Waals surface area contributed by atoms with Crippen LogP contribution in [0.15, 0.2) is 101 Å². The molecule has 0 unspecified atom stereocenters. The second kappa shape index (κ2) is 17.7. The van der Waals surface area contributed by atoms with Crippen molar-refractivity contribution in [2.24, 2.45) is 10.3 Å². The lowest BCUT2D eigenvalue weighted by molar-refractivity contribution is 0.102. The zero-order valence-corrected chi connectivity index (χ0v) is 36.9. The van der Waals surface area contributed by atoms with Crippen LogP contribution in [0, 0.1) is 0 Å². The van der Waals surface area contributed by atoms with Crippen LogP contribution in [0.25, 0.3) is 16.5 Å². The molecule has 324 valence electrons. The van der Waals surface area contributed by atoms with Gasteiger partial charge in [-0.2, -0.15) is 0 Å². The molecule has 3 aliphatic rings. The Labute approximate surface area is 369 Å². The molecule has 0 bridgehead atoms. The molecule has 4 aromatic carbocycles. The number of benzene rings is 4. The summed E-state index contributed by atoms with van der Waals surface area (Å²) in [6.07, 6.45) is 2.02. The summed E-state index contributed by atoms with van der Waals surface area (Å²) in [7, 11) is -8.09. The predicted octanol–water partition coefficient (Wildman–Crippen LogP) is 6.96. The highest BCUT2D eigenvalue weighted by atomic mass is 35.5. The average molecular weight is 921 g/mol. The van der Waals surface area contributed by atoms with Gasteiger partial charge in [0.15, 0.2) is 17.4 Å². The van der Waals surface area contributed by atoms with E-state index in [1.54, 1.807) is 36.1 Å². The number of nitrogens with one attached hydrogen (secondary N) is 1. The molecular weight excluding hydrogens is 878 g/mol. The first-order chi connectivity index (χ1) is 29.4. The summed E-state index contributed by atoms with van der Waals surface area (Å²) in [5.41, 5.74) is 8.95. The van der Waals surface area contributed by atoms with Crippen LogP contribution in [0.2, 0.25) is 10.0 Å². The third-order valence-electron chi connectivity index (χ3n) is 11.0. The maximum atomic E-state index is 13.1. The van der Waals surface area contributed by atoms with Gasteiger partial charge in [-0.1, -0.05) is 40.9 Å². The van der Waals surface area contributed by atoms with Gasteiger partial charge >= 0.3 is 6.09 Å². The summed E-state index contributed by atoms with van der Waals surface area (Å²) >= 11 is 11.9. The molecule has 18 heteroatoms. The molecule has 8 rings (SSSR count). The summed E-state index contributed by atoms with van der Waals surface area (Å²) in [4.78, 5) is 44.8. The molecule has 0 saturated heterocycles. The molecule has 2 aliphatic heterocycles. The molecule has 5 N–H and O–H groups in total. The number of halogens is 2. The smallest absolute Gasteiger partial charge is 0.410 e. The summed E-state index contributed by atoms with van der Waals surface area (Å²) in [5.74, 6) is 0.0414. The van der Waals surface area contributed by atoms with Gasteiger partial charge in [0.05, 0.1) is 29.8 Å². The van der Waals surface area contributed by atoms with Gasteiger partial charge in [-0.05, 0) is 111 Å². The molecule has 14 nitrogen and oxygen atoms in total. The van der Waals surface area contributed by atoms with E-state index in [-0.39, 0.29) is 48.6 Å². The highest BCUT2D eigenvalue weighted by Crippen LogP contribution is 2.39. The van der Waals surface area contributed by atoms with Crippen LogP contribution in [0.3, 0.4) is 0 Å². The highest BCUT2D eigenvalue weighted by molar-refractivity contribution is 7.89. The van der Waals surface area contributed by atoms with Crippen LogP contribution in [-0.4, -0.2) is 82.1 Å². The molecule has 1 aliphatic carbocycles. The van der Waals surface area contributed by atoms with E-state index in [9.17, 15) is 31.2 Å². The number of fused-ring (bicyclic) bond motifs is 5. The number of primary sulfonamides is 2. The van der Waals surface area contributed by atoms with E-state index in [0.29, 0.717) is 49.7 Å². The number of ketones is 2. The zero-order chi connectivity index (χ0) is 44.7. The SMILES string of the molecule is C=C(OCC)N1CCC2=C(C1)c1ccc(C(=O)c3ccc(Cl)c(S(N)(=O)=O)c3)cc1C2.CCOC(=O)N1CCc2[nH]c3ccc(C(=O)c4ccc(Cl)c(S(N)(=O)=O)c4)cc3c2C1. The Bertz CT molecular complexity index is 2950. The molecule has 3 heterocycles. The van der Waals surface area contributed by atoms with E-state index in [1.807, 2.05) is 19.1 Å². The lowest BCUT2D eigenvalue weighted by atomic mass is 9.97. The Balaban J connectivity index is 0.000000186. The normalized spacial score (nSPS) is 14.7. The molecule has 0 fully saturated rings. The minimum absolute atomic E-state index is 0.0110.